The molecule has 101 heavy (non-hydrogen) atoms. The molecule has 0 radical (unpaired) electrons. The first-order valence-electron chi connectivity index (χ1n) is 36.3. The molecule has 3 aliphatic rings. The first kappa shape index (κ1) is 89.1. The summed E-state index contributed by atoms with van der Waals surface area (Å²) in [7, 11) is 0. The van der Waals surface area contributed by atoms with Crippen LogP contribution in [-0.4, -0.2) is 139 Å². The number of hydrogen-bond donors (Lipinski definition) is 2. The fraction of sp³-hybridized carbons (Fsp3) is 0.578. The molecule has 0 bridgehead atoms. The standard InChI is InChI=1S/C18H25ClFNO.C17H23ClFNO.C17H24ClNO.C16H24ClNO.C15H21BrFNO/c1-13(2)17(22)16(14-4-6-15(19)7-5-14)12-21-10-8-18(3,20)9-11-21;1-12(2)16(21)15(13-4-6-14(18)7-5-13)10-20-9-8-17(3,19)11-20;1-12(2)17(20)16(11-19-9-8-13(3)10-19)14-4-6-15(18)7-5-14;1-11(2)15(19)14(10-18-16(3,4)5)12-6-8-13(17)9-7-12;1-9(2)15(19)12(8-18-10(3)4)11-5-6-13(16)14(17)7-11/h4-7,13,16H,8-12H2,1-3H3;4-7,12,15H,8-11H2,1-3H3;4-7,12-13,16H,8-11H2,1-3H3;6-9,11,14,18H,10H2,1-5H3;5-7,9-10,12,18H,8H2,1-4H3/t;;13-,16?;;/m..1../s1. The van der Waals surface area contributed by atoms with E-state index in [9.17, 15) is 37.1 Å². The molecule has 6 unspecified atom stereocenters. The number of Topliss-reactive ketones (excluding diaryl/α,β-unsaturated/α-hetero) is 5. The van der Waals surface area contributed by atoms with Crippen LogP contribution >= 0.6 is 62.3 Å². The highest BCUT2D eigenvalue weighted by atomic mass is 79.9. The van der Waals surface area contributed by atoms with E-state index < -0.39 is 11.3 Å². The van der Waals surface area contributed by atoms with Gasteiger partial charge in [0.25, 0.3) is 0 Å². The maximum absolute atomic E-state index is 14.0. The van der Waals surface area contributed by atoms with Gasteiger partial charge in [-0.25, -0.2) is 13.2 Å². The predicted octanol–water partition coefficient (Wildman–Crippen LogP) is 20.5. The third kappa shape index (κ3) is 31.3. The molecule has 5 aromatic rings. The van der Waals surface area contributed by atoms with E-state index in [1.807, 2.05) is 168 Å². The van der Waals surface area contributed by atoms with Crippen LogP contribution in [0.1, 0.15) is 208 Å². The lowest BCUT2D eigenvalue weighted by Crippen LogP contribution is -2.43. The van der Waals surface area contributed by atoms with Gasteiger partial charge in [0.15, 0.2) is 0 Å². The lowest BCUT2D eigenvalue weighted by atomic mass is 9.87. The topological polar surface area (TPSA) is 119 Å². The average molecular weight is 1540 g/mol. The number of ketones is 5. The molecule has 7 atom stereocenters. The van der Waals surface area contributed by atoms with E-state index in [0.717, 1.165) is 58.4 Å². The lowest BCUT2D eigenvalue weighted by Gasteiger charge is -2.36. The number of halogens is 8. The first-order valence-corrected chi connectivity index (χ1v) is 38.6. The van der Waals surface area contributed by atoms with Crippen molar-refractivity contribution in [3.8, 4) is 0 Å². The number of rotatable bonds is 26. The van der Waals surface area contributed by atoms with Crippen molar-refractivity contribution in [1.29, 1.82) is 0 Å². The molecule has 0 saturated carbocycles. The summed E-state index contributed by atoms with van der Waals surface area (Å²) in [4.78, 5) is 69.0. The van der Waals surface area contributed by atoms with Gasteiger partial charge in [0.05, 0.1) is 34.1 Å². The Labute approximate surface area is 633 Å². The summed E-state index contributed by atoms with van der Waals surface area (Å²) in [5, 5.41) is 9.43. The minimum absolute atomic E-state index is 0.00192. The highest BCUT2D eigenvalue weighted by Crippen LogP contribution is 2.34. The van der Waals surface area contributed by atoms with Crippen LogP contribution in [0.4, 0.5) is 13.2 Å². The van der Waals surface area contributed by atoms with Gasteiger partial charge >= 0.3 is 0 Å². The Morgan fingerprint density at radius 3 is 1.11 bits per heavy atom. The summed E-state index contributed by atoms with van der Waals surface area (Å²) >= 11 is 26.9. The average Bonchev–Trinajstić information content (AvgIpc) is 1.84. The van der Waals surface area contributed by atoms with Gasteiger partial charge in [-0.05, 0) is 177 Å². The lowest BCUT2D eigenvalue weighted by molar-refractivity contribution is -0.124. The van der Waals surface area contributed by atoms with Crippen molar-refractivity contribution < 1.29 is 37.1 Å². The van der Waals surface area contributed by atoms with Gasteiger partial charge in [0.1, 0.15) is 46.1 Å². The van der Waals surface area contributed by atoms with Crippen molar-refractivity contribution in [3.05, 3.63) is 173 Å². The van der Waals surface area contributed by atoms with Crippen molar-refractivity contribution in [3.63, 3.8) is 0 Å². The van der Waals surface area contributed by atoms with Gasteiger partial charge in [-0.2, -0.15) is 0 Å². The number of piperidine rings is 1. The third-order valence-electron chi connectivity index (χ3n) is 18.8. The number of nitrogens with one attached hydrogen (secondary N) is 2. The fourth-order valence-electron chi connectivity index (χ4n) is 12.5. The maximum Gasteiger partial charge on any atom is 0.144 e. The maximum atomic E-state index is 14.0. The number of carbonyl (C=O) groups is 5. The molecule has 3 heterocycles. The molecule has 0 spiro atoms. The molecular weight excluding hydrogens is 1430 g/mol. The van der Waals surface area contributed by atoms with Crippen molar-refractivity contribution in [2.45, 2.75) is 203 Å². The van der Waals surface area contributed by atoms with E-state index in [-0.39, 0.29) is 93.7 Å². The largest absolute Gasteiger partial charge is 0.313 e. The van der Waals surface area contributed by atoms with E-state index >= 15 is 0 Å². The van der Waals surface area contributed by atoms with Crippen LogP contribution in [0.3, 0.4) is 0 Å². The Balaban J connectivity index is 0.000000268. The van der Waals surface area contributed by atoms with Gasteiger partial charge < -0.3 is 20.4 Å². The molecule has 8 rings (SSSR count). The minimum Gasteiger partial charge on any atom is -0.313 e. The molecule has 3 aliphatic heterocycles. The Hall–Kier alpha value is -4.32. The van der Waals surface area contributed by atoms with E-state index in [0.29, 0.717) is 103 Å². The highest BCUT2D eigenvalue weighted by Gasteiger charge is 2.37. The van der Waals surface area contributed by atoms with Crippen LogP contribution in [0.25, 0.3) is 0 Å². The summed E-state index contributed by atoms with van der Waals surface area (Å²) in [6.45, 7) is 43.3. The summed E-state index contributed by atoms with van der Waals surface area (Å²) in [6.07, 6.45) is 2.85. The first-order chi connectivity index (χ1) is 47.1. The number of likely N-dealkylation sites (tertiary alicyclic amines) is 3. The Morgan fingerprint density at radius 1 is 0.475 bits per heavy atom. The number of carbonyl (C=O) groups excluding carboxylic acids is 5. The van der Waals surface area contributed by atoms with Crippen LogP contribution in [0.5, 0.6) is 0 Å². The van der Waals surface area contributed by atoms with Gasteiger partial charge in [-0.1, -0.05) is 191 Å². The summed E-state index contributed by atoms with van der Waals surface area (Å²) in [6, 6.07) is 35.4. The third-order valence-corrected chi connectivity index (χ3v) is 20.4. The van der Waals surface area contributed by atoms with Crippen molar-refractivity contribution in [1.82, 2.24) is 25.3 Å². The minimum atomic E-state index is -1.13. The van der Waals surface area contributed by atoms with Crippen LogP contribution in [0, 0.1) is 41.3 Å². The smallest absolute Gasteiger partial charge is 0.144 e. The zero-order valence-electron chi connectivity index (χ0n) is 63.4. The fourth-order valence-corrected chi connectivity index (χ4v) is 13.2. The van der Waals surface area contributed by atoms with E-state index in [2.05, 4.69) is 69.0 Å². The van der Waals surface area contributed by atoms with Crippen LogP contribution < -0.4 is 10.6 Å². The van der Waals surface area contributed by atoms with Crippen molar-refractivity contribution >= 4 is 91.2 Å². The second-order valence-electron chi connectivity index (χ2n) is 31.4. The Kier molecular flexibility index (Phi) is 37.2. The quantitative estimate of drug-likeness (QED) is 0.0554. The SMILES string of the molecule is CC(C)C(=O)C(CN1CCC(C)(F)C1)c1ccc(Cl)cc1.CC(C)C(=O)C(CN1CCC(C)(F)CC1)c1ccc(Cl)cc1.CC(C)C(=O)C(CN1CC[C@@H](C)C1)c1ccc(Cl)cc1.CC(C)C(=O)C(CNC(C)(C)C)c1ccc(Cl)cc1.CC(C)NCC(C(=O)C(C)C)c1ccc(Br)c(F)c1. The Morgan fingerprint density at radius 2 is 0.792 bits per heavy atom. The Bertz CT molecular complexity index is 3350. The van der Waals surface area contributed by atoms with Crippen LogP contribution in [-0.2, 0) is 24.0 Å². The van der Waals surface area contributed by atoms with E-state index in [4.69, 9.17) is 46.4 Å². The molecule has 5 aromatic carbocycles. The summed E-state index contributed by atoms with van der Waals surface area (Å²) < 4.78 is 42.0. The number of hydrogen-bond acceptors (Lipinski definition) is 10. The predicted molar refractivity (Wildman–Crippen MR) is 420 cm³/mol. The zero-order chi connectivity index (χ0) is 75.9. The van der Waals surface area contributed by atoms with Gasteiger partial charge in [-0.3, -0.25) is 28.9 Å². The molecule has 10 nitrogen and oxygen atoms in total. The van der Waals surface area contributed by atoms with Crippen LogP contribution in [0.15, 0.2) is 120 Å². The number of alkyl halides is 2. The molecule has 2 N–H and O–H groups in total. The normalized spacial score (nSPS) is 18.7. The molecular formula is C83H117BrCl4F3N5O5. The van der Waals surface area contributed by atoms with Crippen molar-refractivity contribution in [2.75, 3.05) is 72.0 Å². The van der Waals surface area contributed by atoms with Crippen LogP contribution in [0.2, 0.25) is 20.1 Å². The molecule has 560 valence electrons. The number of benzene rings is 5. The number of nitrogens with zero attached hydrogens (tertiary/aromatic N) is 3. The summed E-state index contributed by atoms with van der Waals surface area (Å²) in [5.74, 6) is 0.724. The second kappa shape index (κ2) is 42.1. The molecule has 0 amide bonds. The van der Waals surface area contributed by atoms with E-state index in [1.165, 1.54) is 12.5 Å². The molecule has 0 aromatic heterocycles. The van der Waals surface area contributed by atoms with Gasteiger partial charge in [0.2, 0.25) is 0 Å². The molecule has 18 heteroatoms. The van der Waals surface area contributed by atoms with E-state index in [1.54, 1.807) is 38.1 Å². The zero-order valence-corrected chi connectivity index (χ0v) is 68.0. The second-order valence-corrected chi connectivity index (χ2v) is 34.0. The summed E-state index contributed by atoms with van der Waals surface area (Å²) in [5.41, 5.74) is 2.61. The molecule has 3 saturated heterocycles. The molecule has 3 fully saturated rings. The van der Waals surface area contributed by atoms with Crippen molar-refractivity contribution in [2.24, 2.45) is 35.5 Å². The highest BCUT2D eigenvalue weighted by molar-refractivity contribution is 9.10. The van der Waals surface area contributed by atoms with Gasteiger partial charge in [0, 0.05) is 127 Å². The van der Waals surface area contributed by atoms with Gasteiger partial charge in [-0.15, -0.1) is 0 Å². The molecule has 0 aliphatic carbocycles. The monoisotopic (exact) mass is 1540 g/mol.